The summed E-state index contributed by atoms with van der Waals surface area (Å²) in [5.74, 6) is 0. The third kappa shape index (κ3) is 4.58. The largest absolute Gasteiger partial charge is 0.322 e. The average molecular weight is 388 g/mol. The highest BCUT2D eigenvalue weighted by Gasteiger charge is 2.21. The molecule has 0 atom stereocenters. The maximum Gasteiger partial charge on any atom is 0.321 e. The minimum absolute atomic E-state index is 0.0208. The Morgan fingerprint density at radius 2 is 1.79 bits per heavy atom. The van der Waals surface area contributed by atoms with Crippen LogP contribution in [0.15, 0.2) is 53.0 Å². The van der Waals surface area contributed by atoms with Crippen LogP contribution in [0.4, 0.5) is 10.5 Å². The Balaban J connectivity index is 1.49. The monoisotopic (exact) mass is 387 g/mol. The third-order valence-electron chi connectivity index (χ3n) is 4.24. The minimum atomic E-state index is -0.0208. The highest BCUT2D eigenvalue weighted by atomic mass is 79.9. The quantitative estimate of drug-likeness (QED) is 0.859. The van der Waals surface area contributed by atoms with Gasteiger partial charge in [0, 0.05) is 42.9 Å². The molecule has 2 aromatic carbocycles. The molecule has 5 heteroatoms. The second-order valence-electron chi connectivity index (χ2n) is 6.19. The van der Waals surface area contributed by atoms with E-state index in [1.807, 2.05) is 29.2 Å². The predicted molar refractivity (Wildman–Crippen MR) is 101 cm³/mol. The van der Waals surface area contributed by atoms with E-state index in [0.29, 0.717) is 0 Å². The van der Waals surface area contributed by atoms with E-state index in [-0.39, 0.29) is 6.03 Å². The molecule has 1 saturated heterocycles. The number of carbonyl (C=O) groups excluding carboxylic acids is 1. The number of benzene rings is 2. The van der Waals surface area contributed by atoms with Crippen LogP contribution in [0.1, 0.15) is 11.1 Å². The molecule has 1 aliphatic rings. The molecule has 3 rings (SSSR count). The van der Waals surface area contributed by atoms with Gasteiger partial charge in [-0.15, -0.1) is 0 Å². The van der Waals surface area contributed by atoms with Gasteiger partial charge in [0.1, 0.15) is 0 Å². The van der Waals surface area contributed by atoms with Gasteiger partial charge in [-0.05, 0) is 36.8 Å². The van der Waals surface area contributed by atoms with Crippen LogP contribution in [0.25, 0.3) is 0 Å². The lowest BCUT2D eigenvalue weighted by atomic mass is 10.1. The zero-order chi connectivity index (χ0) is 16.9. The molecule has 0 bridgehead atoms. The van der Waals surface area contributed by atoms with Gasteiger partial charge in [0.05, 0.1) is 0 Å². The topological polar surface area (TPSA) is 35.6 Å². The molecule has 0 spiro atoms. The number of nitrogens with one attached hydrogen (secondary N) is 1. The van der Waals surface area contributed by atoms with E-state index in [1.54, 1.807) is 0 Å². The maximum absolute atomic E-state index is 12.3. The van der Waals surface area contributed by atoms with Crippen LogP contribution >= 0.6 is 15.9 Å². The van der Waals surface area contributed by atoms with Crippen molar-refractivity contribution in [2.45, 2.75) is 13.5 Å². The number of anilines is 1. The number of aryl methyl sites for hydroxylation is 1. The van der Waals surface area contributed by atoms with Crippen LogP contribution in [0.2, 0.25) is 0 Å². The summed E-state index contributed by atoms with van der Waals surface area (Å²) in [4.78, 5) is 16.6. The summed E-state index contributed by atoms with van der Waals surface area (Å²) >= 11 is 3.40. The molecule has 1 aliphatic heterocycles. The number of amides is 2. The smallest absolute Gasteiger partial charge is 0.321 e. The maximum atomic E-state index is 12.3. The molecule has 1 N–H and O–H groups in total. The van der Waals surface area contributed by atoms with Crippen molar-refractivity contribution in [3.63, 3.8) is 0 Å². The van der Waals surface area contributed by atoms with Crippen molar-refractivity contribution < 1.29 is 4.79 Å². The molecular weight excluding hydrogens is 366 g/mol. The third-order valence-corrected chi connectivity index (χ3v) is 4.77. The van der Waals surface area contributed by atoms with Gasteiger partial charge >= 0.3 is 6.03 Å². The number of carbonyl (C=O) groups is 1. The van der Waals surface area contributed by atoms with Gasteiger partial charge in [0.25, 0.3) is 0 Å². The molecule has 2 amide bonds. The number of nitrogens with zero attached hydrogens (tertiary/aromatic N) is 2. The zero-order valence-electron chi connectivity index (χ0n) is 13.8. The van der Waals surface area contributed by atoms with Gasteiger partial charge in [-0.25, -0.2) is 4.79 Å². The van der Waals surface area contributed by atoms with Crippen molar-refractivity contribution in [3.05, 3.63) is 64.1 Å². The van der Waals surface area contributed by atoms with E-state index in [0.717, 1.165) is 42.9 Å². The SMILES string of the molecule is Cc1cccc(CN2CCN(C(=O)Nc3ccc(Br)cc3)CC2)c1. The van der Waals surface area contributed by atoms with Crippen molar-refractivity contribution in [2.75, 3.05) is 31.5 Å². The molecule has 1 heterocycles. The molecule has 0 radical (unpaired) electrons. The second kappa shape index (κ2) is 7.81. The fourth-order valence-corrected chi connectivity index (χ4v) is 3.18. The van der Waals surface area contributed by atoms with Crippen LogP contribution in [-0.2, 0) is 6.54 Å². The first-order valence-electron chi connectivity index (χ1n) is 8.19. The Bertz CT molecular complexity index is 694. The minimum Gasteiger partial charge on any atom is -0.322 e. The van der Waals surface area contributed by atoms with Gasteiger partial charge in [-0.2, -0.15) is 0 Å². The van der Waals surface area contributed by atoms with Crippen LogP contribution < -0.4 is 5.32 Å². The fraction of sp³-hybridized carbons (Fsp3) is 0.316. The molecule has 24 heavy (non-hydrogen) atoms. The summed E-state index contributed by atoms with van der Waals surface area (Å²) in [5, 5.41) is 2.96. The van der Waals surface area contributed by atoms with Crippen LogP contribution in [0.3, 0.4) is 0 Å². The Morgan fingerprint density at radius 3 is 2.46 bits per heavy atom. The van der Waals surface area contributed by atoms with Crippen molar-refractivity contribution in [2.24, 2.45) is 0 Å². The molecule has 4 nitrogen and oxygen atoms in total. The molecule has 0 aliphatic carbocycles. The molecule has 1 fully saturated rings. The summed E-state index contributed by atoms with van der Waals surface area (Å²) in [7, 11) is 0. The first-order valence-corrected chi connectivity index (χ1v) is 8.99. The lowest BCUT2D eigenvalue weighted by Gasteiger charge is -2.34. The first kappa shape index (κ1) is 17.0. The molecular formula is C19H22BrN3O. The van der Waals surface area contributed by atoms with Crippen molar-refractivity contribution in [1.29, 1.82) is 0 Å². The lowest BCUT2D eigenvalue weighted by Crippen LogP contribution is -2.49. The summed E-state index contributed by atoms with van der Waals surface area (Å²) < 4.78 is 1.00. The van der Waals surface area contributed by atoms with Gasteiger partial charge in [0.2, 0.25) is 0 Å². The van der Waals surface area contributed by atoms with Gasteiger partial charge in [-0.3, -0.25) is 4.90 Å². The van der Waals surface area contributed by atoms with Crippen molar-refractivity contribution >= 4 is 27.6 Å². The molecule has 0 aromatic heterocycles. The molecule has 126 valence electrons. The fourth-order valence-electron chi connectivity index (χ4n) is 2.91. The summed E-state index contributed by atoms with van der Waals surface area (Å²) in [6.07, 6.45) is 0. The van der Waals surface area contributed by atoms with E-state index >= 15 is 0 Å². The molecule has 0 saturated carbocycles. The predicted octanol–water partition coefficient (Wildman–Crippen LogP) is 4.11. The Hall–Kier alpha value is -1.85. The summed E-state index contributed by atoms with van der Waals surface area (Å²) in [6, 6.07) is 16.2. The normalized spacial score (nSPS) is 15.3. The van der Waals surface area contributed by atoms with E-state index in [9.17, 15) is 4.79 Å². The Morgan fingerprint density at radius 1 is 1.08 bits per heavy atom. The van der Waals surface area contributed by atoms with Crippen LogP contribution in [0.5, 0.6) is 0 Å². The van der Waals surface area contributed by atoms with Gasteiger partial charge < -0.3 is 10.2 Å². The number of halogens is 1. The zero-order valence-corrected chi connectivity index (χ0v) is 15.4. The van der Waals surface area contributed by atoms with Crippen molar-refractivity contribution in [1.82, 2.24) is 9.80 Å². The van der Waals surface area contributed by atoms with Crippen LogP contribution in [0, 0.1) is 6.92 Å². The summed E-state index contributed by atoms with van der Waals surface area (Å²) in [6.45, 7) is 6.39. The van der Waals surface area contributed by atoms with Gasteiger partial charge in [-0.1, -0.05) is 45.8 Å². The van der Waals surface area contributed by atoms with E-state index < -0.39 is 0 Å². The van der Waals surface area contributed by atoms with E-state index in [2.05, 4.69) is 57.3 Å². The van der Waals surface area contributed by atoms with Gasteiger partial charge in [0.15, 0.2) is 0 Å². The number of hydrogen-bond donors (Lipinski definition) is 1. The van der Waals surface area contributed by atoms with E-state index in [1.165, 1.54) is 11.1 Å². The lowest BCUT2D eigenvalue weighted by molar-refractivity contribution is 0.143. The second-order valence-corrected chi connectivity index (χ2v) is 7.10. The number of urea groups is 1. The highest BCUT2D eigenvalue weighted by Crippen LogP contribution is 2.15. The summed E-state index contributed by atoms with van der Waals surface area (Å²) in [5.41, 5.74) is 3.45. The number of hydrogen-bond acceptors (Lipinski definition) is 2. The number of rotatable bonds is 3. The van der Waals surface area contributed by atoms with E-state index in [4.69, 9.17) is 0 Å². The van der Waals surface area contributed by atoms with Crippen LogP contribution in [-0.4, -0.2) is 42.0 Å². The Labute approximate surface area is 151 Å². The first-order chi connectivity index (χ1) is 11.6. The van der Waals surface area contributed by atoms with Crippen molar-refractivity contribution in [3.8, 4) is 0 Å². The molecule has 2 aromatic rings. The molecule has 0 unspecified atom stereocenters. The highest BCUT2D eigenvalue weighted by molar-refractivity contribution is 9.10. The standard InChI is InChI=1S/C19H22BrN3O/c1-15-3-2-4-16(13-15)14-22-9-11-23(12-10-22)19(24)21-18-7-5-17(20)6-8-18/h2-8,13H,9-12,14H2,1H3,(H,21,24). The Kier molecular flexibility index (Phi) is 5.53. The average Bonchev–Trinajstić information content (AvgIpc) is 2.57. The number of piperazine rings is 1.